The molecule has 2 aromatic carbocycles. The predicted molar refractivity (Wildman–Crippen MR) is 120 cm³/mol. The summed E-state index contributed by atoms with van der Waals surface area (Å²) in [7, 11) is -1.79. The number of nitrogens with zero attached hydrogens (tertiary/aromatic N) is 2. The first-order valence-corrected chi connectivity index (χ1v) is 12.0. The van der Waals surface area contributed by atoms with E-state index in [1.54, 1.807) is 37.9 Å². The molecule has 30 heavy (non-hydrogen) atoms. The van der Waals surface area contributed by atoms with Gasteiger partial charge in [0.25, 0.3) is 5.91 Å². The molecule has 0 saturated carbocycles. The number of hydrogen-bond donors (Lipinski definition) is 1. The summed E-state index contributed by atoms with van der Waals surface area (Å²) in [5.74, 6) is -0.135. The fourth-order valence-corrected chi connectivity index (χ4v) is 5.04. The second-order valence-corrected chi connectivity index (χ2v) is 9.85. The summed E-state index contributed by atoms with van der Waals surface area (Å²) in [6.07, 6.45) is 3.67. The molecule has 162 valence electrons. The van der Waals surface area contributed by atoms with Crippen LogP contribution in [0.2, 0.25) is 0 Å². The third-order valence-electron chi connectivity index (χ3n) is 5.25. The molecule has 1 saturated heterocycles. The Bertz CT molecular complexity index is 965. The topological polar surface area (TPSA) is 69.7 Å². The van der Waals surface area contributed by atoms with Crippen molar-refractivity contribution in [2.24, 2.45) is 0 Å². The number of para-hydroxylation sites is 1. The lowest BCUT2D eigenvalue weighted by atomic mass is 10.1. The van der Waals surface area contributed by atoms with Crippen molar-refractivity contribution in [3.05, 3.63) is 59.7 Å². The van der Waals surface area contributed by atoms with Crippen LogP contribution in [0, 0.1) is 0 Å². The summed E-state index contributed by atoms with van der Waals surface area (Å²) in [5, 5.41) is 0. The van der Waals surface area contributed by atoms with Crippen molar-refractivity contribution in [3.8, 4) is 0 Å². The van der Waals surface area contributed by atoms with Crippen LogP contribution in [0.25, 0.3) is 0 Å². The molecule has 1 heterocycles. The molecule has 2 aromatic rings. The number of anilines is 1. The van der Waals surface area contributed by atoms with Gasteiger partial charge in [0, 0.05) is 44.0 Å². The van der Waals surface area contributed by atoms with Gasteiger partial charge in [-0.3, -0.25) is 4.79 Å². The van der Waals surface area contributed by atoms with Crippen LogP contribution in [0.4, 0.5) is 5.69 Å². The van der Waals surface area contributed by atoms with E-state index < -0.39 is 10.0 Å². The number of piperidine rings is 1. The number of benzene rings is 2. The number of rotatable bonds is 7. The largest absolute Gasteiger partial charge is 0.371 e. The van der Waals surface area contributed by atoms with Gasteiger partial charge in [-0.15, -0.1) is 0 Å². The molecule has 0 aliphatic carbocycles. The van der Waals surface area contributed by atoms with Crippen molar-refractivity contribution in [3.63, 3.8) is 0 Å². The van der Waals surface area contributed by atoms with E-state index in [0.29, 0.717) is 12.1 Å². The van der Waals surface area contributed by atoms with Crippen molar-refractivity contribution in [1.82, 2.24) is 9.62 Å². The number of hydrogen-bond acceptors (Lipinski definition) is 4. The third-order valence-corrected chi connectivity index (χ3v) is 6.92. The summed E-state index contributed by atoms with van der Waals surface area (Å²) in [5.41, 5.74) is 2.78. The molecule has 1 fully saturated rings. The summed E-state index contributed by atoms with van der Waals surface area (Å²) in [4.78, 5) is 17.2. The monoisotopic (exact) mass is 429 g/mol. The van der Waals surface area contributed by atoms with Crippen LogP contribution in [0.15, 0.2) is 53.4 Å². The van der Waals surface area contributed by atoms with E-state index in [4.69, 9.17) is 0 Å². The molecule has 6 nitrogen and oxygen atoms in total. The lowest BCUT2D eigenvalue weighted by Crippen LogP contribution is -2.32. The molecule has 0 unspecified atom stereocenters. The van der Waals surface area contributed by atoms with Gasteiger partial charge in [-0.1, -0.05) is 18.2 Å². The van der Waals surface area contributed by atoms with E-state index >= 15 is 0 Å². The summed E-state index contributed by atoms with van der Waals surface area (Å²) in [6, 6.07) is 14.2. The van der Waals surface area contributed by atoms with Gasteiger partial charge < -0.3 is 9.80 Å². The van der Waals surface area contributed by atoms with Gasteiger partial charge in [0.15, 0.2) is 0 Å². The number of carbonyl (C=O) groups is 1. The zero-order chi connectivity index (χ0) is 21.7. The Morgan fingerprint density at radius 3 is 2.30 bits per heavy atom. The molecule has 0 spiro atoms. The van der Waals surface area contributed by atoms with Crippen molar-refractivity contribution in [1.29, 1.82) is 0 Å². The van der Waals surface area contributed by atoms with Gasteiger partial charge >= 0.3 is 0 Å². The zero-order valence-electron chi connectivity index (χ0n) is 18.0. The molecule has 7 heteroatoms. The van der Waals surface area contributed by atoms with Gasteiger partial charge in [0.05, 0.1) is 4.90 Å². The Balaban J connectivity index is 1.72. The first-order chi connectivity index (χ1) is 14.3. The molecular weight excluding hydrogens is 398 g/mol. The van der Waals surface area contributed by atoms with E-state index in [0.717, 1.165) is 18.7 Å². The minimum absolute atomic E-state index is 0.135. The minimum atomic E-state index is -3.57. The Morgan fingerprint density at radius 1 is 1.03 bits per heavy atom. The van der Waals surface area contributed by atoms with Crippen molar-refractivity contribution >= 4 is 21.6 Å². The first-order valence-electron chi connectivity index (χ1n) is 10.5. The van der Waals surface area contributed by atoms with Gasteiger partial charge in [-0.05, 0) is 69.0 Å². The molecule has 0 aromatic heterocycles. The van der Waals surface area contributed by atoms with Gasteiger partial charge in [0.1, 0.15) is 0 Å². The Labute approximate surface area is 179 Å². The van der Waals surface area contributed by atoms with E-state index in [9.17, 15) is 13.2 Å². The highest BCUT2D eigenvalue weighted by Crippen LogP contribution is 2.25. The van der Waals surface area contributed by atoms with Crippen molar-refractivity contribution in [2.45, 2.75) is 50.6 Å². The number of amides is 1. The second kappa shape index (κ2) is 9.62. The van der Waals surface area contributed by atoms with Crippen LogP contribution in [-0.4, -0.2) is 45.4 Å². The van der Waals surface area contributed by atoms with Gasteiger partial charge in [-0.25, -0.2) is 13.1 Å². The highest BCUT2D eigenvalue weighted by molar-refractivity contribution is 7.89. The fraction of sp³-hybridized carbons (Fsp3) is 0.435. The maximum atomic E-state index is 12.9. The minimum Gasteiger partial charge on any atom is -0.371 e. The predicted octanol–water partition coefficient (Wildman–Crippen LogP) is 3.64. The van der Waals surface area contributed by atoms with Crippen LogP contribution in [0.1, 0.15) is 49.0 Å². The fourth-order valence-electron chi connectivity index (χ4n) is 3.79. The van der Waals surface area contributed by atoms with E-state index in [1.165, 1.54) is 37.1 Å². The van der Waals surface area contributed by atoms with Crippen molar-refractivity contribution in [2.75, 3.05) is 25.0 Å². The lowest BCUT2D eigenvalue weighted by Gasteiger charge is -2.31. The zero-order valence-corrected chi connectivity index (χ0v) is 18.8. The number of nitrogens with one attached hydrogen (secondary N) is 1. The maximum absolute atomic E-state index is 12.9. The van der Waals surface area contributed by atoms with Crippen LogP contribution >= 0.6 is 0 Å². The van der Waals surface area contributed by atoms with Crippen LogP contribution < -0.4 is 9.62 Å². The maximum Gasteiger partial charge on any atom is 0.253 e. The third kappa shape index (κ3) is 5.40. The van der Waals surface area contributed by atoms with Crippen LogP contribution in [-0.2, 0) is 16.6 Å². The standard InChI is InChI=1S/C23H31N3O3S/c1-18(2)24-30(28,29)21-13-11-19(12-14-21)23(27)25(3)17-20-9-5-6-10-22(20)26-15-7-4-8-16-26/h5-6,9-14,18,24H,4,7-8,15-17H2,1-3H3. The number of sulfonamides is 1. The lowest BCUT2D eigenvalue weighted by molar-refractivity contribution is 0.0785. The summed E-state index contributed by atoms with van der Waals surface area (Å²) < 4.78 is 27.1. The first kappa shape index (κ1) is 22.3. The van der Waals surface area contributed by atoms with Crippen molar-refractivity contribution < 1.29 is 13.2 Å². The molecule has 0 atom stereocenters. The SMILES string of the molecule is CC(C)NS(=O)(=O)c1ccc(C(=O)N(C)Cc2ccccc2N2CCCCC2)cc1. The molecule has 0 bridgehead atoms. The Hall–Kier alpha value is -2.38. The second-order valence-electron chi connectivity index (χ2n) is 8.14. The molecule has 1 aliphatic heterocycles. The van der Waals surface area contributed by atoms with E-state index in [-0.39, 0.29) is 16.8 Å². The number of carbonyl (C=O) groups excluding carboxylic acids is 1. The average molecular weight is 430 g/mol. The van der Waals surface area contributed by atoms with E-state index in [2.05, 4.69) is 21.8 Å². The molecule has 1 aliphatic rings. The summed E-state index contributed by atoms with van der Waals surface area (Å²) in [6.45, 7) is 6.14. The van der Waals surface area contributed by atoms with Crippen LogP contribution in [0.5, 0.6) is 0 Å². The van der Waals surface area contributed by atoms with E-state index in [1.807, 2.05) is 12.1 Å². The Morgan fingerprint density at radius 2 is 1.67 bits per heavy atom. The molecule has 1 N–H and O–H groups in total. The molecule has 3 rings (SSSR count). The highest BCUT2D eigenvalue weighted by Gasteiger charge is 2.19. The smallest absolute Gasteiger partial charge is 0.253 e. The summed E-state index contributed by atoms with van der Waals surface area (Å²) >= 11 is 0. The molecule has 1 amide bonds. The van der Waals surface area contributed by atoms with Crippen LogP contribution in [0.3, 0.4) is 0 Å². The quantitative estimate of drug-likeness (QED) is 0.730. The molecular formula is C23H31N3O3S. The Kier molecular flexibility index (Phi) is 7.15. The van der Waals surface area contributed by atoms with Gasteiger partial charge in [-0.2, -0.15) is 0 Å². The highest BCUT2D eigenvalue weighted by atomic mass is 32.2. The average Bonchev–Trinajstić information content (AvgIpc) is 2.73. The normalized spacial score (nSPS) is 14.7. The van der Waals surface area contributed by atoms with Gasteiger partial charge in [0.2, 0.25) is 10.0 Å². The molecule has 0 radical (unpaired) electrons.